The molecule has 100 valence electrons. The van der Waals surface area contributed by atoms with Crippen LogP contribution in [0.4, 0.5) is 5.69 Å². The van der Waals surface area contributed by atoms with Gasteiger partial charge >= 0.3 is 0 Å². The van der Waals surface area contributed by atoms with Gasteiger partial charge in [0.05, 0.1) is 17.8 Å². The Kier molecular flexibility index (Phi) is 4.72. The third kappa shape index (κ3) is 3.64. The van der Waals surface area contributed by atoms with Gasteiger partial charge in [0.2, 0.25) is 0 Å². The van der Waals surface area contributed by atoms with Crippen LogP contribution in [-0.4, -0.2) is 7.11 Å². The second-order valence-electron chi connectivity index (χ2n) is 4.31. The normalized spacial score (nSPS) is 10.3. The Balaban J connectivity index is 2.13. The van der Waals surface area contributed by atoms with E-state index >= 15 is 0 Å². The Morgan fingerprint density at radius 1 is 1.21 bits per heavy atom. The highest BCUT2D eigenvalue weighted by atomic mass is 79.9. The highest BCUT2D eigenvalue weighted by Gasteiger charge is 2.04. The van der Waals surface area contributed by atoms with Crippen LogP contribution < -0.4 is 10.1 Å². The zero-order valence-corrected chi connectivity index (χ0v) is 13.2. The number of aryl methyl sites for hydroxylation is 1. The Bertz CT molecular complexity index is 586. The van der Waals surface area contributed by atoms with Gasteiger partial charge in [0.1, 0.15) is 5.75 Å². The Morgan fingerprint density at radius 3 is 2.68 bits per heavy atom. The maximum Gasteiger partial charge on any atom is 0.141 e. The molecular formula is C15H15BrClNO. The van der Waals surface area contributed by atoms with Crippen molar-refractivity contribution in [2.24, 2.45) is 0 Å². The molecule has 0 saturated heterocycles. The molecule has 4 heteroatoms. The van der Waals surface area contributed by atoms with Gasteiger partial charge in [0.25, 0.3) is 0 Å². The van der Waals surface area contributed by atoms with E-state index < -0.39 is 0 Å². The average molecular weight is 341 g/mol. The minimum atomic E-state index is 0.718. The van der Waals surface area contributed by atoms with Gasteiger partial charge in [0, 0.05) is 11.0 Å². The summed E-state index contributed by atoms with van der Waals surface area (Å²) in [5.41, 5.74) is 3.34. The fourth-order valence-electron chi connectivity index (χ4n) is 1.81. The molecule has 0 aliphatic heterocycles. The minimum absolute atomic E-state index is 0.718. The van der Waals surface area contributed by atoms with Crippen molar-refractivity contribution < 1.29 is 4.74 Å². The summed E-state index contributed by atoms with van der Waals surface area (Å²) >= 11 is 9.41. The molecule has 0 saturated carbocycles. The molecule has 0 amide bonds. The molecule has 1 N–H and O–H groups in total. The number of rotatable bonds is 4. The molecule has 0 unspecified atom stereocenters. The van der Waals surface area contributed by atoms with E-state index in [9.17, 15) is 0 Å². The number of ether oxygens (including phenoxy) is 1. The van der Waals surface area contributed by atoms with Gasteiger partial charge in [0.15, 0.2) is 0 Å². The molecule has 0 spiro atoms. The second-order valence-corrected chi connectivity index (χ2v) is 5.57. The van der Waals surface area contributed by atoms with Crippen LogP contribution in [0.5, 0.6) is 5.75 Å². The molecule has 2 nitrogen and oxygen atoms in total. The van der Waals surface area contributed by atoms with E-state index in [1.807, 2.05) is 30.3 Å². The van der Waals surface area contributed by atoms with Crippen molar-refractivity contribution in [2.75, 3.05) is 12.4 Å². The number of anilines is 1. The number of hydrogen-bond acceptors (Lipinski definition) is 2. The third-order valence-electron chi connectivity index (χ3n) is 2.82. The van der Waals surface area contributed by atoms with Crippen molar-refractivity contribution in [3.8, 4) is 5.75 Å². The van der Waals surface area contributed by atoms with Crippen LogP contribution in [-0.2, 0) is 6.54 Å². The van der Waals surface area contributed by atoms with Gasteiger partial charge in [-0.1, -0.05) is 23.7 Å². The predicted molar refractivity (Wildman–Crippen MR) is 84.2 cm³/mol. The number of benzene rings is 2. The van der Waals surface area contributed by atoms with Crippen molar-refractivity contribution in [1.29, 1.82) is 0 Å². The van der Waals surface area contributed by atoms with E-state index in [1.54, 1.807) is 7.11 Å². The van der Waals surface area contributed by atoms with Crippen LogP contribution in [0.1, 0.15) is 11.1 Å². The summed E-state index contributed by atoms with van der Waals surface area (Å²) in [6.07, 6.45) is 0. The standard InChI is InChI=1S/C15H15BrClNO/c1-10-3-6-15(19-2)14(7-10)18-9-11-4-5-13(17)12(16)8-11/h3-8,18H,9H2,1-2H3. The quantitative estimate of drug-likeness (QED) is 0.842. The van der Waals surface area contributed by atoms with Crippen LogP contribution >= 0.6 is 27.5 Å². The van der Waals surface area contributed by atoms with E-state index in [4.69, 9.17) is 16.3 Å². The highest BCUT2D eigenvalue weighted by molar-refractivity contribution is 9.10. The summed E-state index contributed by atoms with van der Waals surface area (Å²) in [5, 5.41) is 4.10. The molecule has 0 fully saturated rings. The molecule has 0 heterocycles. The molecule has 2 aromatic carbocycles. The van der Waals surface area contributed by atoms with Crippen molar-refractivity contribution >= 4 is 33.2 Å². The lowest BCUT2D eigenvalue weighted by Crippen LogP contribution is -2.01. The molecular weight excluding hydrogens is 326 g/mol. The molecule has 19 heavy (non-hydrogen) atoms. The monoisotopic (exact) mass is 339 g/mol. The molecule has 0 bridgehead atoms. The fraction of sp³-hybridized carbons (Fsp3) is 0.200. The van der Waals surface area contributed by atoms with Gasteiger partial charge in [-0.3, -0.25) is 0 Å². The average Bonchev–Trinajstić information content (AvgIpc) is 2.40. The summed E-state index contributed by atoms with van der Waals surface area (Å²) < 4.78 is 6.25. The summed E-state index contributed by atoms with van der Waals surface area (Å²) in [6, 6.07) is 12.0. The largest absolute Gasteiger partial charge is 0.495 e. The first-order valence-electron chi connectivity index (χ1n) is 5.92. The lowest BCUT2D eigenvalue weighted by Gasteiger charge is -2.12. The van der Waals surface area contributed by atoms with Gasteiger partial charge in [-0.05, 0) is 58.2 Å². The number of hydrogen-bond donors (Lipinski definition) is 1. The first-order chi connectivity index (χ1) is 9.10. The van der Waals surface area contributed by atoms with Crippen LogP contribution in [0.2, 0.25) is 5.02 Å². The molecule has 2 aromatic rings. The lowest BCUT2D eigenvalue weighted by molar-refractivity contribution is 0.416. The molecule has 2 rings (SSSR count). The molecule has 0 aliphatic rings. The first-order valence-corrected chi connectivity index (χ1v) is 7.09. The highest BCUT2D eigenvalue weighted by Crippen LogP contribution is 2.27. The van der Waals surface area contributed by atoms with Crippen LogP contribution in [0.3, 0.4) is 0 Å². The van der Waals surface area contributed by atoms with E-state index in [-0.39, 0.29) is 0 Å². The number of methoxy groups -OCH3 is 1. The van der Waals surface area contributed by atoms with E-state index in [0.717, 1.165) is 33.0 Å². The van der Waals surface area contributed by atoms with Crippen LogP contribution in [0.15, 0.2) is 40.9 Å². The summed E-state index contributed by atoms with van der Waals surface area (Å²) in [5.74, 6) is 0.846. The SMILES string of the molecule is COc1ccc(C)cc1NCc1ccc(Cl)c(Br)c1. The summed E-state index contributed by atoms with van der Waals surface area (Å²) in [4.78, 5) is 0. The van der Waals surface area contributed by atoms with Gasteiger partial charge in [-0.2, -0.15) is 0 Å². The predicted octanol–water partition coefficient (Wildman–Crippen LogP) is 5.03. The molecule has 0 atom stereocenters. The summed E-state index contributed by atoms with van der Waals surface area (Å²) in [6.45, 7) is 2.78. The van der Waals surface area contributed by atoms with Crippen molar-refractivity contribution in [2.45, 2.75) is 13.5 Å². The van der Waals surface area contributed by atoms with Crippen molar-refractivity contribution in [3.05, 3.63) is 57.0 Å². The lowest BCUT2D eigenvalue weighted by atomic mass is 10.2. The van der Waals surface area contributed by atoms with Gasteiger partial charge < -0.3 is 10.1 Å². The van der Waals surface area contributed by atoms with Gasteiger partial charge in [-0.15, -0.1) is 0 Å². The minimum Gasteiger partial charge on any atom is -0.495 e. The smallest absolute Gasteiger partial charge is 0.141 e. The first kappa shape index (κ1) is 14.2. The third-order valence-corrected chi connectivity index (χ3v) is 4.04. The van der Waals surface area contributed by atoms with E-state index in [1.165, 1.54) is 5.56 Å². The number of nitrogens with one attached hydrogen (secondary N) is 1. The molecule has 0 aliphatic carbocycles. The summed E-state index contributed by atoms with van der Waals surface area (Å²) in [7, 11) is 1.68. The van der Waals surface area contributed by atoms with Crippen molar-refractivity contribution in [1.82, 2.24) is 0 Å². The van der Waals surface area contributed by atoms with Crippen LogP contribution in [0, 0.1) is 6.92 Å². The zero-order valence-electron chi connectivity index (χ0n) is 10.8. The maximum absolute atomic E-state index is 5.98. The zero-order chi connectivity index (χ0) is 13.8. The van der Waals surface area contributed by atoms with E-state index in [0.29, 0.717) is 0 Å². The maximum atomic E-state index is 5.98. The van der Waals surface area contributed by atoms with Gasteiger partial charge in [-0.25, -0.2) is 0 Å². The molecule has 0 radical (unpaired) electrons. The second kappa shape index (κ2) is 6.31. The van der Waals surface area contributed by atoms with Crippen molar-refractivity contribution in [3.63, 3.8) is 0 Å². The van der Waals surface area contributed by atoms with Crippen LogP contribution in [0.25, 0.3) is 0 Å². The van der Waals surface area contributed by atoms with E-state index in [2.05, 4.69) is 34.2 Å². The Labute approximate surface area is 126 Å². The Morgan fingerprint density at radius 2 is 2.00 bits per heavy atom. The molecule has 0 aromatic heterocycles. The topological polar surface area (TPSA) is 21.3 Å². The fourth-order valence-corrected chi connectivity index (χ4v) is 2.35. The Hall–Kier alpha value is -1.19. The number of halogens is 2.